The summed E-state index contributed by atoms with van der Waals surface area (Å²) in [5.41, 5.74) is 24.8. The largest absolute Gasteiger partial charge is 0.396 e. The van der Waals surface area contributed by atoms with Gasteiger partial charge < -0.3 is 19.7 Å². The maximum Gasteiger partial charge on any atom is 0.141 e. The number of aromatic nitrogens is 15. The van der Waals surface area contributed by atoms with Crippen LogP contribution in [0.1, 0.15) is 139 Å². The van der Waals surface area contributed by atoms with Gasteiger partial charge in [-0.05, 0) is 198 Å². The molecule has 15 rings (SSSR count). The minimum absolute atomic E-state index is 0.0562. The van der Waals surface area contributed by atoms with Crippen LogP contribution in [0.5, 0.6) is 0 Å². The molecule has 0 atom stereocenters. The molecule has 0 aliphatic heterocycles. The lowest BCUT2D eigenvalue weighted by molar-refractivity contribution is -0.118. The number of hydrogen-bond acceptors (Lipinski definition) is 19. The number of hydrogen-bond donors (Lipinski definition) is 2. The van der Waals surface area contributed by atoms with Gasteiger partial charge >= 0.3 is 0 Å². The van der Waals surface area contributed by atoms with E-state index < -0.39 is 0 Å². The molecule has 0 aliphatic carbocycles. The highest BCUT2D eigenvalue weighted by Crippen LogP contribution is 2.21. The second-order valence-electron chi connectivity index (χ2n) is 31.3. The van der Waals surface area contributed by atoms with Crippen LogP contribution in [0, 0.1) is 34.6 Å². The van der Waals surface area contributed by atoms with Crippen molar-refractivity contribution in [1.29, 1.82) is 0 Å². The van der Waals surface area contributed by atoms with Crippen molar-refractivity contribution in [1.82, 2.24) is 75.0 Å². The fraction of sp³-hybridized carbons (Fsp3) is 0.272. The van der Waals surface area contributed by atoms with Crippen molar-refractivity contribution < 1.29 is 43.7 Å². The molecule has 5 heterocycles. The molecule has 15 aromatic rings. The highest BCUT2D eigenvalue weighted by molar-refractivity contribution is 5.86. The Labute approximate surface area is 742 Å². The van der Waals surface area contributed by atoms with Crippen LogP contribution in [0.2, 0.25) is 0 Å². The summed E-state index contributed by atoms with van der Waals surface area (Å²) < 4.78 is 18.9. The van der Waals surface area contributed by atoms with Gasteiger partial charge in [-0.3, -0.25) is 24.0 Å². The smallest absolute Gasteiger partial charge is 0.141 e. The fourth-order valence-electron chi connectivity index (χ4n) is 13.9. The number of aryl methyl sites for hydroxylation is 6. The number of aliphatic hydroxyl groups is 2. The Morgan fingerprint density at radius 2 is 0.543 bits per heavy atom. The number of methoxy groups -OCH3 is 1. The first-order chi connectivity index (χ1) is 61.8. The van der Waals surface area contributed by atoms with E-state index in [1.807, 2.05) is 303 Å². The third-order valence-electron chi connectivity index (χ3n) is 21.3. The summed E-state index contributed by atoms with van der Waals surface area (Å²) >= 11 is 0. The molecule has 0 saturated carbocycles. The van der Waals surface area contributed by atoms with Crippen LogP contribution in [-0.4, -0.2) is 141 Å². The molecule has 5 aromatic heterocycles. The van der Waals surface area contributed by atoms with Gasteiger partial charge in [0.05, 0.1) is 96.3 Å². The van der Waals surface area contributed by atoms with Crippen LogP contribution in [0.3, 0.4) is 0 Å². The van der Waals surface area contributed by atoms with Gasteiger partial charge in [0.25, 0.3) is 0 Å². The number of ketones is 5. The van der Waals surface area contributed by atoms with Crippen molar-refractivity contribution in [2.24, 2.45) is 0 Å². The predicted octanol–water partition coefficient (Wildman–Crippen LogP) is 15.7. The standard InChI is InChI=1S/C22H25N3O.2C21H23N3O2.C20H21N3O2.C19H19N3O2/c1-3-4-9-20-16-25(24-23-20)21-12-10-18(11-13-21)14-22(26)15-19-8-6-5-7-17(19)2;1-16-5-3-4-6-18(16)14-21(25)13-17-7-9-20(10-8-17)24-15-19(22-23-24)11-12-26-2;1-3-26-15-19-14-24(23-22-19)20-10-8-17(9-11-20)12-21(25)13-18-7-5-4-6-16(18)2;1-15-4-2-3-5-17(15)13-20(25)12-16-6-8-19(9-7-16)23-14-18(10-11-24)21-22-23;1-14-4-2-3-5-16(14)11-19(24)10-15-6-8-18(9-7-15)22-12-17(13-23)20-21-22/h5-8,10-13,16H,3-4,9,14-15H2,1-2H3;3-10,15H,11-14H2,1-2H3;4-11,14H,3,12-13,15H2,1-2H3;2-9,14,24H,10-13H2,1H3;2-9,12,23H,10-11,13H2,1H3. The molecule has 0 saturated heterocycles. The summed E-state index contributed by atoms with van der Waals surface area (Å²) in [6.45, 7) is 16.0. The molecule has 0 unspecified atom stereocenters. The molecule has 0 spiro atoms. The number of rotatable bonds is 37. The monoisotopic (exact) mass is 1700 g/mol. The number of benzene rings is 10. The predicted molar refractivity (Wildman–Crippen MR) is 491 cm³/mol. The van der Waals surface area contributed by atoms with E-state index in [1.54, 1.807) is 42.9 Å². The van der Waals surface area contributed by atoms with E-state index >= 15 is 0 Å². The van der Waals surface area contributed by atoms with Gasteiger partial charge in [0.2, 0.25) is 0 Å². The topological polar surface area (TPSA) is 298 Å². The highest BCUT2D eigenvalue weighted by Gasteiger charge is 2.16. The van der Waals surface area contributed by atoms with Gasteiger partial charge in [0, 0.05) is 97.4 Å². The van der Waals surface area contributed by atoms with Crippen molar-refractivity contribution in [3.8, 4) is 28.4 Å². The summed E-state index contributed by atoms with van der Waals surface area (Å²) in [5.74, 6) is 1.06. The first-order valence-corrected chi connectivity index (χ1v) is 42.9. The van der Waals surface area contributed by atoms with Crippen molar-refractivity contribution in [2.75, 3.05) is 26.9 Å². The second-order valence-corrected chi connectivity index (χ2v) is 31.3. The van der Waals surface area contributed by atoms with Crippen molar-refractivity contribution in [3.05, 3.63) is 386 Å². The molecule has 24 heteroatoms. The van der Waals surface area contributed by atoms with Crippen LogP contribution in [0.15, 0.2) is 274 Å². The third kappa shape index (κ3) is 29.9. The zero-order valence-electron chi connectivity index (χ0n) is 73.6. The summed E-state index contributed by atoms with van der Waals surface area (Å²) in [6, 6.07) is 79.1. The highest BCUT2D eigenvalue weighted by atomic mass is 16.5. The number of ether oxygens (including phenoxy) is 2. The van der Waals surface area contributed by atoms with Crippen molar-refractivity contribution in [2.45, 2.75) is 158 Å². The molecule has 0 amide bonds. The van der Waals surface area contributed by atoms with Crippen LogP contribution < -0.4 is 0 Å². The second kappa shape index (κ2) is 49.0. The van der Waals surface area contributed by atoms with E-state index in [-0.39, 0.29) is 42.1 Å². The average Bonchev–Trinajstić information content (AvgIpc) is 1.68. The van der Waals surface area contributed by atoms with E-state index in [0.29, 0.717) is 96.1 Å². The average molecular weight is 1700 g/mol. The lowest BCUT2D eigenvalue weighted by atomic mass is 9.99. The Hall–Kier alpha value is -13.9. The molecule has 127 heavy (non-hydrogen) atoms. The lowest BCUT2D eigenvalue weighted by Crippen LogP contribution is -2.07. The maximum absolute atomic E-state index is 12.4. The zero-order valence-corrected chi connectivity index (χ0v) is 73.6. The number of carbonyl (C=O) groups is 5. The van der Waals surface area contributed by atoms with E-state index in [2.05, 4.69) is 58.5 Å². The first-order valence-electron chi connectivity index (χ1n) is 42.9. The molecule has 24 nitrogen and oxygen atoms in total. The molecule has 0 fully saturated rings. The number of Topliss-reactive ketones (excluding diaryl/α,β-unsaturated/α-hetero) is 5. The minimum Gasteiger partial charge on any atom is -0.396 e. The molecular weight excluding hydrogens is 1590 g/mol. The SMILES string of the molecule is CCCCc1cn(-c2ccc(CC(=O)Cc3ccccc3C)cc2)nn1.CCOCc1cn(-c2ccc(CC(=O)Cc3ccccc3C)cc2)nn1.COCCc1cn(-c2ccc(CC(=O)Cc3ccccc3C)cc2)nn1.Cc1ccccc1CC(=O)Cc1ccc(-n2cc(CCO)nn2)cc1.Cc1ccccc1CC(=O)Cc1ccc(-n2cc(CO)nn2)cc1. The Balaban J connectivity index is 0.000000154. The zero-order chi connectivity index (χ0) is 89.7. The summed E-state index contributed by atoms with van der Waals surface area (Å²) in [7, 11) is 1.67. The Kier molecular flexibility index (Phi) is 36.2. The Morgan fingerprint density at radius 3 is 0.787 bits per heavy atom. The maximum atomic E-state index is 12.4. The van der Waals surface area contributed by atoms with Gasteiger partial charge in [-0.2, -0.15) is 0 Å². The normalized spacial score (nSPS) is 10.8. The first kappa shape index (κ1) is 93.8. The van der Waals surface area contributed by atoms with Gasteiger partial charge in [0.15, 0.2) is 0 Å². The molecule has 2 N–H and O–H groups in total. The van der Waals surface area contributed by atoms with Gasteiger partial charge in [-0.25, -0.2) is 23.4 Å². The van der Waals surface area contributed by atoms with Crippen LogP contribution in [-0.2, 0) is 130 Å². The quantitative estimate of drug-likeness (QED) is 0.0365. The van der Waals surface area contributed by atoms with Crippen LogP contribution in [0.4, 0.5) is 0 Å². The van der Waals surface area contributed by atoms with Crippen molar-refractivity contribution in [3.63, 3.8) is 0 Å². The minimum atomic E-state index is -0.133. The fourth-order valence-corrected chi connectivity index (χ4v) is 13.9. The van der Waals surface area contributed by atoms with E-state index in [0.717, 1.165) is 155 Å². The van der Waals surface area contributed by atoms with Gasteiger partial charge in [-0.15, -0.1) is 25.5 Å². The molecule has 652 valence electrons. The molecule has 0 bridgehead atoms. The van der Waals surface area contributed by atoms with E-state index in [9.17, 15) is 24.0 Å². The third-order valence-corrected chi connectivity index (χ3v) is 21.3. The Bertz CT molecular complexity index is 5640. The molecule has 0 radical (unpaired) electrons. The van der Waals surface area contributed by atoms with Gasteiger partial charge in [-0.1, -0.05) is 221 Å². The number of unbranched alkanes of at least 4 members (excludes halogenated alkanes) is 1. The number of aliphatic hydroxyl groups excluding tert-OH is 2. The summed E-state index contributed by atoms with van der Waals surface area (Å²) in [6.07, 6.45) is 18.2. The summed E-state index contributed by atoms with van der Waals surface area (Å²) in [4.78, 5) is 61.7. The number of carbonyl (C=O) groups excluding carboxylic acids is 5. The van der Waals surface area contributed by atoms with E-state index in [1.165, 1.54) is 5.56 Å². The van der Waals surface area contributed by atoms with E-state index in [4.69, 9.17) is 19.7 Å². The van der Waals surface area contributed by atoms with Crippen LogP contribution in [0.25, 0.3) is 28.4 Å². The summed E-state index contributed by atoms with van der Waals surface area (Å²) in [5, 5.41) is 58.7. The van der Waals surface area contributed by atoms with Crippen molar-refractivity contribution >= 4 is 28.9 Å². The molecular formula is C103H111N15O9. The lowest BCUT2D eigenvalue weighted by Gasteiger charge is -2.06. The number of nitrogens with zero attached hydrogens (tertiary/aromatic N) is 15. The molecule has 0 aliphatic rings. The van der Waals surface area contributed by atoms with Gasteiger partial charge in [0.1, 0.15) is 40.3 Å². The Morgan fingerprint density at radius 1 is 0.299 bits per heavy atom. The molecule has 10 aromatic carbocycles. The van der Waals surface area contributed by atoms with Crippen LogP contribution >= 0.6 is 0 Å².